The van der Waals surface area contributed by atoms with Crippen molar-refractivity contribution in [3.63, 3.8) is 0 Å². The van der Waals surface area contributed by atoms with Gasteiger partial charge in [-0.05, 0) is 38.2 Å². The molecule has 1 heterocycles. The fraction of sp³-hybridized carbons (Fsp3) is 0.304. The maximum Gasteiger partial charge on any atom is 0.232 e. The van der Waals surface area contributed by atoms with Crippen LogP contribution in [0.25, 0.3) is 11.3 Å². The Morgan fingerprint density at radius 3 is 2.44 bits per heavy atom. The van der Waals surface area contributed by atoms with E-state index in [9.17, 15) is 4.79 Å². The second kappa shape index (κ2) is 7.39. The van der Waals surface area contributed by atoms with E-state index in [4.69, 9.17) is 4.52 Å². The van der Waals surface area contributed by atoms with Gasteiger partial charge in [0.05, 0.1) is 11.1 Å². The lowest BCUT2D eigenvalue weighted by Gasteiger charge is -2.18. The first kappa shape index (κ1) is 17.5. The van der Waals surface area contributed by atoms with Gasteiger partial charge in [0, 0.05) is 17.7 Å². The average Bonchev–Trinajstić information content (AvgIpc) is 3.38. The average molecular weight is 360 g/mol. The van der Waals surface area contributed by atoms with Gasteiger partial charge in [-0.2, -0.15) is 0 Å². The zero-order valence-corrected chi connectivity index (χ0v) is 15.5. The van der Waals surface area contributed by atoms with Crippen LogP contribution in [0.1, 0.15) is 37.4 Å². The number of aromatic nitrogens is 1. The number of nitrogens with one attached hydrogen (secondary N) is 1. The molecule has 0 aliphatic heterocycles. The summed E-state index contributed by atoms with van der Waals surface area (Å²) in [6.07, 6.45) is 3.52. The topological polar surface area (TPSA) is 55.1 Å². The van der Waals surface area contributed by atoms with E-state index in [1.807, 2.05) is 54.6 Å². The molecule has 3 aromatic rings. The van der Waals surface area contributed by atoms with Crippen molar-refractivity contribution in [3.05, 3.63) is 78.0 Å². The molecule has 4 heteroatoms. The van der Waals surface area contributed by atoms with Crippen molar-refractivity contribution in [1.29, 1.82) is 0 Å². The van der Waals surface area contributed by atoms with Crippen LogP contribution in [0.5, 0.6) is 0 Å². The van der Waals surface area contributed by atoms with Crippen molar-refractivity contribution >= 4 is 5.91 Å². The van der Waals surface area contributed by atoms with Gasteiger partial charge in [0.1, 0.15) is 0 Å². The van der Waals surface area contributed by atoms with E-state index < -0.39 is 5.41 Å². The highest BCUT2D eigenvalue weighted by Gasteiger charge is 2.54. The first-order valence-electron chi connectivity index (χ1n) is 9.55. The third kappa shape index (κ3) is 3.80. The molecule has 1 aliphatic carbocycles. The molecule has 1 atom stereocenters. The highest BCUT2D eigenvalue weighted by molar-refractivity contribution is 5.91. The first-order valence-corrected chi connectivity index (χ1v) is 9.55. The van der Waals surface area contributed by atoms with Gasteiger partial charge >= 0.3 is 0 Å². The van der Waals surface area contributed by atoms with Gasteiger partial charge in [-0.15, -0.1) is 0 Å². The van der Waals surface area contributed by atoms with Crippen molar-refractivity contribution in [2.45, 2.75) is 44.1 Å². The molecule has 1 unspecified atom stereocenters. The SMILES string of the molecule is CC(CCc1ccccc1)NC(=O)C1(c2cc(-c3ccccc3)on2)CC1. The number of rotatable bonds is 7. The fourth-order valence-electron chi connectivity index (χ4n) is 3.43. The summed E-state index contributed by atoms with van der Waals surface area (Å²) in [5.41, 5.74) is 2.50. The van der Waals surface area contributed by atoms with Gasteiger partial charge in [0.15, 0.2) is 5.76 Å². The maximum atomic E-state index is 12.9. The summed E-state index contributed by atoms with van der Waals surface area (Å²) in [5, 5.41) is 7.39. The van der Waals surface area contributed by atoms with Crippen LogP contribution < -0.4 is 5.32 Å². The fourth-order valence-corrected chi connectivity index (χ4v) is 3.43. The normalized spacial score (nSPS) is 15.9. The third-order valence-corrected chi connectivity index (χ3v) is 5.33. The molecular weight excluding hydrogens is 336 g/mol. The minimum atomic E-state index is -0.516. The number of carbonyl (C=O) groups is 1. The molecule has 1 aliphatic rings. The monoisotopic (exact) mass is 360 g/mol. The van der Waals surface area contributed by atoms with Gasteiger partial charge < -0.3 is 9.84 Å². The van der Waals surface area contributed by atoms with Crippen LogP contribution in [-0.4, -0.2) is 17.1 Å². The Balaban J connectivity index is 1.39. The molecule has 0 spiro atoms. The van der Waals surface area contributed by atoms with Crippen LogP contribution in [0.15, 0.2) is 71.3 Å². The predicted molar refractivity (Wildman–Crippen MR) is 105 cm³/mol. The van der Waals surface area contributed by atoms with Gasteiger partial charge in [-0.3, -0.25) is 4.79 Å². The number of aryl methyl sites for hydroxylation is 1. The standard InChI is InChI=1S/C23H24N2O2/c1-17(12-13-18-8-4-2-5-9-18)24-22(26)23(14-15-23)21-16-20(27-25-21)19-10-6-3-7-11-19/h2-11,16-17H,12-15H2,1H3,(H,24,26). The highest BCUT2D eigenvalue weighted by atomic mass is 16.5. The number of nitrogens with zero attached hydrogens (tertiary/aromatic N) is 1. The molecule has 1 aromatic heterocycles. The van der Waals surface area contributed by atoms with Gasteiger partial charge in [0.25, 0.3) is 0 Å². The third-order valence-electron chi connectivity index (χ3n) is 5.33. The second-order valence-electron chi connectivity index (χ2n) is 7.42. The quantitative estimate of drug-likeness (QED) is 0.674. The highest BCUT2D eigenvalue weighted by Crippen LogP contribution is 2.48. The van der Waals surface area contributed by atoms with Crippen molar-refractivity contribution in [2.24, 2.45) is 0 Å². The Hall–Kier alpha value is -2.88. The zero-order valence-electron chi connectivity index (χ0n) is 15.5. The lowest BCUT2D eigenvalue weighted by atomic mass is 9.99. The lowest BCUT2D eigenvalue weighted by Crippen LogP contribution is -2.40. The molecule has 1 amide bonds. The van der Waals surface area contributed by atoms with Crippen LogP contribution in [-0.2, 0) is 16.6 Å². The Labute approximate surface area is 159 Å². The molecule has 0 radical (unpaired) electrons. The summed E-state index contributed by atoms with van der Waals surface area (Å²) in [7, 11) is 0. The molecule has 138 valence electrons. The largest absolute Gasteiger partial charge is 0.356 e. The lowest BCUT2D eigenvalue weighted by molar-refractivity contribution is -0.124. The zero-order chi connectivity index (χ0) is 18.7. The van der Waals surface area contributed by atoms with E-state index in [1.54, 1.807) is 0 Å². The first-order chi connectivity index (χ1) is 13.2. The van der Waals surface area contributed by atoms with Crippen LogP contribution >= 0.6 is 0 Å². The summed E-state index contributed by atoms with van der Waals surface area (Å²) >= 11 is 0. The van der Waals surface area contributed by atoms with E-state index in [0.717, 1.165) is 36.9 Å². The van der Waals surface area contributed by atoms with E-state index in [-0.39, 0.29) is 11.9 Å². The number of benzene rings is 2. The van der Waals surface area contributed by atoms with E-state index in [0.29, 0.717) is 5.76 Å². The summed E-state index contributed by atoms with van der Waals surface area (Å²) in [4.78, 5) is 12.9. The molecule has 0 saturated heterocycles. The number of amides is 1. The Kier molecular flexibility index (Phi) is 4.80. The molecule has 27 heavy (non-hydrogen) atoms. The van der Waals surface area contributed by atoms with Crippen molar-refractivity contribution in [2.75, 3.05) is 0 Å². The van der Waals surface area contributed by atoms with Gasteiger partial charge in [0.2, 0.25) is 5.91 Å². The van der Waals surface area contributed by atoms with Crippen LogP contribution in [0.4, 0.5) is 0 Å². The van der Waals surface area contributed by atoms with Crippen LogP contribution in [0.3, 0.4) is 0 Å². The summed E-state index contributed by atoms with van der Waals surface area (Å²) in [6.45, 7) is 2.06. The Bertz CT molecular complexity index is 898. The van der Waals surface area contributed by atoms with Crippen LogP contribution in [0.2, 0.25) is 0 Å². The van der Waals surface area contributed by atoms with Crippen molar-refractivity contribution in [3.8, 4) is 11.3 Å². The predicted octanol–water partition coefficient (Wildman–Crippen LogP) is 4.51. The number of hydrogen-bond acceptors (Lipinski definition) is 3. The Morgan fingerprint density at radius 1 is 1.11 bits per heavy atom. The maximum absolute atomic E-state index is 12.9. The van der Waals surface area contributed by atoms with Crippen molar-refractivity contribution in [1.82, 2.24) is 10.5 Å². The number of hydrogen-bond donors (Lipinski definition) is 1. The minimum absolute atomic E-state index is 0.0657. The van der Waals surface area contributed by atoms with Crippen LogP contribution in [0, 0.1) is 0 Å². The van der Waals surface area contributed by atoms with Gasteiger partial charge in [-0.1, -0.05) is 65.8 Å². The molecule has 2 aromatic carbocycles. The molecule has 0 bridgehead atoms. The van der Waals surface area contributed by atoms with E-state index in [1.165, 1.54) is 5.56 Å². The summed E-state index contributed by atoms with van der Waals surface area (Å²) < 4.78 is 5.51. The Morgan fingerprint density at radius 2 is 1.78 bits per heavy atom. The molecule has 4 nitrogen and oxygen atoms in total. The molecular formula is C23H24N2O2. The van der Waals surface area contributed by atoms with Gasteiger partial charge in [-0.25, -0.2) is 0 Å². The minimum Gasteiger partial charge on any atom is -0.356 e. The van der Waals surface area contributed by atoms with Crippen molar-refractivity contribution < 1.29 is 9.32 Å². The van der Waals surface area contributed by atoms with E-state index in [2.05, 4.69) is 29.5 Å². The molecule has 1 fully saturated rings. The summed E-state index contributed by atoms with van der Waals surface area (Å²) in [5.74, 6) is 0.776. The number of carbonyl (C=O) groups excluding carboxylic acids is 1. The molecule has 4 rings (SSSR count). The van der Waals surface area contributed by atoms with E-state index >= 15 is 0 Å². The summed E-state index contributed by atoms with van der Waals surface area (Å²) in [6, 6.07) is 22.3. The smallest absolute Gasteiger partial charge is 0.232 e. The molecule has 1 N–H and O–H groups in total. The molecule has 1 saturated carbocycles. The second-order valence-corrected chi connectivity index (χ2v) is 7.42.